The average Bonchev–Trinajstić information content (AvgIpc) is 2.63. The first kappa shape index (κ1) is 18.4. The van der Waals surface area contributed by atoms with E-state index in [1.54, 1.807) is 6.08 Å². The monoisotopic (exact) mass is 355 g/mol. The number of nitrogens with zero attached hydrogens (tertiary/aromatic N) is 1. The summed E-state index contributed by atoms with van der Waals surface area (Å²) in [6.07, 6.45) is 1.69. The molecule has 2 nitrogen and oxygen atoms in total. The van der Waals surface area contributed by atoms with Gasteiger partial charge in [-0.25, -0.2) is 0 Å². The van der Waals surface area contributed by atoms with Crippen LogP contribution in [0.3, 0.4) is 0 Å². The molecule has 0 aliphatic heterocycles. The Labute approximate surface area is 153 Å². The van der Waals surface area contributed by atoms with Crippen LogP contribution in [0, 0.1) is 0 Å². The zero-order valence-electron chi connectivity index (χ0n) is 13.9. The molecule has 0 fully saturated rings. The molecule has 0 aliphatic carbocycles. The molecular weight excluding hydrogens is 334 g/mol. The van der Waals surface area contributed by atoms with Crippen LogP contribution in [0.4, 0.5) is 0 Å². The van der Waals surface area contributed by atoms with Crippen LogP contribution in [0.1, 0.15) is 29.8 Å². The van der Waals surface area contributed by atoms with Gasteiger partial charge in [0.25, 0.3) is 0 Å². The van der Waals surface area contributed by atoms with E-state index in [9.17, 15) is 4.79 Å². The van der Waals surface area contributed by atoms with Gasteiger partial charge in [-0.1, -0.05) is 84.6 Å². The molecule has 0 amide bonds. The summed E-state index contributed by atoms with van der Waals surface area (Å²) in [6.45, 7) is 5.88. The maximum atomic E-state index is 12.6. The highest BCUT2D eigenvalue weighted by Gasteiger charge is 2.13. The second-order valence-electron chi connectivity index (χ2n) is 5.15. The summed E-state index contributed by atoms with van der Waals surface area (Å²) in [6, 6.07) is 19.2. The summed E-state index contributed by atoms with van der Waals surface area (Å²) >= 11 is 7.03. The van der Waals surface area contributed by atoms with Gasteiger partial charge in [-0.3, -0.25) is 4.79 Å². The lowest BCUT2D eigenvalue weighted by Crippen LogP contribution is -2.26. The van der Waals surface area contributed by atoms with Gasteiger partial charge >= 0.3 is 0 Å². The van der Waals surface area contributed by atoms with E-state index in [4.69, 9.17) is 12.2 Å². The van der Waals surface area contributed by atoms with Crippen LogP contribution < -0.4 is 0 Å². The molecule has 0 atom stereocenters. The number of rotatable bonds is 6. The first-order chi connectivity index (χ1) is 11.7. The Morgan fingerprint density at radius 3 is 1.96 bits per heavy atom. The van der Waals surface area contributed by atoms with Crippen LogP contribution in [0.2, 0.25) is 0 Å². The smallest absolute Gasteiger partial charge is 0.186 e. The molecule has 0 saturated heterocycles. The Morgan fingerprint density at radius 2 is 1.46 bits per heavy atom. The fourth-order valence-electron chi connectivity index (χ4n) is 2.22. The van der Waals surface area contributed by atoms with Gasteiger partial charge in [0.05, 0.1) is 0 Å². The lowest BCUT2D eigenvalue weighted by molar-refractivity contribution is 0.104. The van der Waals surface area contributed by atoms with E-state index in [1.165, 1.54) is 11.8 Å². The Balaban J connectivity index is 2.31. The molecule has 124 valence electrons. The summed E-state index contributed by atoms with van der Waals surface area (Å²) < 4.78 is 0.788. The van der Waals surface area contributed by atoms with Crippen molar-refractivity contribution in [3.05, 3.63) is 77.9 Å². The second-order valence-corrected chi connectivity index (χ2v) is 6.82. The van der Waals surface area contributed by atoms with E-state index in [0.29, 0.717) is 5.56 Å². The first-order valence-corrected chi connectivity index (χ1v) is 9.21. The van der Waals surface area contributed by atoms with Crippen LogP contribution in [-0.4, -0.2) is 28.1 Å². The molecule has 0 unspecified atom stereocenters. The summed E-state index contributed by atoms with van der Waals surface area (Å²) in [5.41, 5.74) is 1.68. The van der Waals surface area contributed by atoms with Crippen molar-refractivity contribution in [3.63, 3.8) is 0 Å². The van der Waals surface area contributed by atoms with E-state index in [2.05, 4.69) is 18.7 Å². The number of thioether (sulfide) groups is 1. The van der Waals surface area contributed by atoms with Gasteiger partial charge < -0.3 is 4.90 Å². The van der Waals surface area contributed by atoms with Gasteiger partial charge in [-0.15, -0.1) is 0 Å². The molecular formula is C20H21NOS2. The maximum absolute atomic E-state index is 12.6. The topological polar surface area (TPSA) is 20.3 Å². The van der Waals surface area contributed by atoms with Crippen molar-refractivity contribution in [2.24, 2.45) is 0 Å². The fourth-order valence-corrected chi connectivity index (χ4v) is 3.74. The Hall–Kier alpha value is -1.91. The van der Waals surface area contributed by atoms with Crippen molar-refractivity contribution < 1.29 is 4.79 Å². The standard InChI is InChI=1S/C20H21NOS2/c1-3-21(4-2)20(23)24-19(17-13-9-6-10-14-17)15-18(22)16-11-7-5-8-12-16/h5-15H,3-4H2,1-2H3/b19-15+. The van der Waals surface area contributed by atoms with Crippen LogP contribution in [0.5, 0.6) is 0 Å². The van der Waals surface area contributed by atoms with E-state index in [1.807, 2.05) is 60.7 Å². The zero-order valence-corrected chi connectivity index (χ0v) is 15.6. The van der Waals surface area contributed by atoms with Crippen molar-refractivity contribution in [1.82, 2.24) is 4.90 Å². The van der Waals surface area contributed by atoms with Gasteiger partial charge in [0.1, 0.15) is 4.32 Å². The second kappa shape index (κ2) is 9.40. The molecule has 2 rings (SSSR count). The number of ketones is 1. The van der Waals surface area contributed by atoms with Crippen molar-refractivity contribution in [3.8, 4) is 0 Å². The van der Waals surface area contributed by atoms with E-state index < -0.39 is 0 Å². The molecule has 0 radical (unpaired) electrons. The molecule has 0 aliphatic rings. The number of hydrogen-bond acceptors (Lipinski definition) is 3. The summed E-state index contributed by atoms with van der Waals surface area (Å²) in [7, 11) is 0. The molecule has 2 aromatic rings. The van der Waals surface area contributed by atoms with Gasteiger partial charge in [0.15, 0.2) is 5.78 Å². The number of carbonyl (C=O) groups is 1. The lowest BCUT2D eigenvalue weighted by atomic mass is 10.1. The van der Waals surface area contributed by atoms with E-state index in [0.717, 1.165) is 27.9 Å². The third-order valence-electron chi connectivity index (χ3n) is 3.60. The van der Waals surface area contributed by atoms with Crippen molar-refractivity contribution in [2.45, 2.75) is 13.8 Å². The molecule has 4 heteroatoms. The number of thiocarbonyl (C=S) groups is 1. The number of carbonyl (C=O) groups excluding carboxylic acids is 1. The summed E-state index contributed by atoms with van der Waals surface area (Å²) in [4.78, 5) is 15.6. The highest BCUT2D eigenvalue weighted by Crippen LogP contribution is 2.30. The molecule has 0 spiro atoms. The number of allylic oxidation sites excluding steroid dienone is 1. The predicted octanol–water partition coefficient (Wildman–Crippen LogP) is 5.27. The predicted molar refractivity (Wildman–Crippen MR) is 108 cm³/mol. The first-order valence-electron chi connectivity index (χ1n) is 7.99. The van der Waals surface area contributed by atoms with Gasteiger partial charge in [-0.05, 0) is 19.4 Å². The largest absolute Gasteiger partial charge is 0.358 e. The molecule has 2 aromatic carbocycles. The lowest BCUT2D eigenvalue weighted by Gasteiger charge is -2.21. The molecule has 0 heterocycles. The van der Waals surface area contributed by atoms with Gasteiger partial charge in [0.2, 0.25) is 0 Å². The van der Waals surface area contributed by atoms with Crippen molar-refractivity contribution >= 4 is 39.0 Å². The van der Waals surface area contributed by atoms with Crippen LogP contribution >= 0.6 is 24.0 Å². The van der Waals surface area contributed by atoms with Gasteiger partial charge in [-0.2, -0.15) is 0 Å². The van der Waals surface area contributed by atoms with Crippen molar-refractivity contribution in [1.29, 1.82) is 0 Å². The Morgan fingerprint density at radius 1 is 0.958 bits per heavy atom. The maximum Gasteiger partial charge on any atom is 0.186 e. The normalized spacial score (nSPS) is 11.2. The summed E-state index contributed by atoms with van der Waals surface area (Å²) in [5.74, 6) is -0.00991. The highest BCUT2D eigenvalue weighted by molar-refractivity contribution is 8.29. The minimum atomic E-state index is -0.00991. The highest BCUT2D eigenvalue weighted by atomic mass is 32.2. The molecule has 0 bridgehead atoms. The third-order valence-corrected chi connectivity index (χ3v) is 5.11. The quantitative estimate of drug-likeness (QED) is 0.399. The van der Waals surface area contributed by atoms with E-state index in [-0.39, 0.29) is 5.78 Å². The third kappa shape index (κ3) is 5.05. The minimum Gasteiger partial charge on any atom is -0.358 e. The molecule has 0 aromatic heterocycles. The molecule has 0 N–H and O–H groups in total. The van der Waals surface area contributed by atoms with Crippen LogP contribution in [-0.2, 0) is 0 Å². The van der Waals surface area contributed by atoms with Crippen LogP contribution in [0.25, 0.3) is 4.91 Å². The zero-order chi connectivity index (χ0) is 17.4. The Bertz CT molecular complexity index is 707. The SMILES string of the molecule is CCN(CC)C(=S)S/C(=C/C(=O)c1ccccc1)c1ccccc1. The number of hydrogen-bond donors (Lipinski definition) is 0. The van der Waals surface area contributed by atoms with Gasteiger partial charge in [0, 0.05) is 29.6 Å². The van der Waals surface area contributed by atoms with E-state index >= 15 is 0 Å². The molecule has 0 saturated carbocycles. The number of benzene rings is 2. The van der Waals surface area contributed by atoms with Crippen molar-refractivity contribution in [2.75, 3.05) is 13.1 Å². The average molecular weight is 356 g/mol. The van der Waals surface area contributed by atoms with Crippen LogP contribution in [0.15, 0.2) is 66.7 Å². The minimum absolute atomic E-state index is 0.00991. The Kier molecular flexibility index (Phi) is 7.22. The summed E-state index contributed by atoms with van der Waals surface area (Å²) in [5, 5.41) is 0. The fraction of sp³-hybridized carbons (Fsp3) is 0.200. The molecule has 24 heavy (non-hydrogen) atoms.